The molecule has 2 fully saturated rings. The van der Waals surface area contributed by atoms with E-state index in [1.54, 1.807) is 30.2 Å². The minimum Gasteiger partial charge on any atom is -0.352 e. The summed E-state index contributed by atoms with van der Waals surface area (Å²) in [6.45, 7) is 6.71. The molecule has 3 aromatic heterocycles. The summed E-state index contributed by atoms with van der Waals surface area (Å²) in [6, 6.07) is 13.1. The second kappa shape index (κ2) is 12.7. The molecular formula is C32H32F2N10S2. The van der Waals surface area contributed by atoms with E-state index < -0.39 is 0 Å². The van der Waals surface area contributed by atoms with Gasteiger partial charge in [0.15, 0.2) is 16.5 Å². The molecule has 0 spiro atoms. The van der Waals surface area contributed by atoms with Gasteiger partial charge in [-0.15, -0.1) is 0 Å². The Labute approximate surface area is 273 Å². The van der Waals surface area contributed by atoms with E-state index in [1.807, 2.05) is 12.1 Å². The molecule has 0 bridgehead atoms. The number of anilines is 4. The molecule has 0 aliphatic carbocycles. The predicted octanol–water partition coefficient (Wildman–Crippen LogP) is 4.84. The van der Waals surface area contributed by atoms with E-state index in [0.29, 0.717) is 5.95 Å². The number of thiazole rings is 1. The van der Waals surface area contributed by atoms with Crippen LogP contribution in [0.2, 0.25) is 0 Å². The van der Waals surface area contributed by atoms with Crippen LogP contribution in [0.3, 0.4) is 0 Å². The molecule has 8 rings (SSSR count). The third kappa shape index (κ3) is 5.74. The molecule has 0 radical (unpaired) electrons. The molecular weight excluding hydrogens is 627 g/mol. The lowest BCUT2D eigenvalue weighted by molar-refractivity contribution is 0.583. The van der Waals surface area contributed by atoms with Crippen LogP contribution in [0, 0.1) is 11.6 Å². The maximum absolute atomic E-state index is 13.8. The molecule has 236 valence electrons. The summed E-state index contributed by atoms with van der Waals surface area (Å²) in [7, 11) is 0. The fourth-order valence-corrected chi connectivity index (χ4v) is 8.30. The van der Waals surface area contributed by atoms with Crippen molar-refractivity contribution in [3.05, 3.63) is 72.1 Å². The van der Waals surface area contributed by atoms with Gasteiger partial charge >= 0.3 is 0 Å². The molecule has 3 aliphatic heterocycles. The molecule has 0 saturated carbocycles. The summed E-state index contributed by atoms with van der Waals surface area (Å²) in [5.41, 5.74) is 3.57. The average molecular weight is 659 g/mol. The van der Waals surface area contributed by atoms with Crippen molar-refractivity contribution >= 4 is 56.7 Å². The van der Waals surface area contributed by atoms with Crippen LogP contribution in [0.25, 0.3) is 20.9 Å². The van der Waals surface area contributed by atoms with E-state index in [4.69, 9.17) is 24.9 Å². The lowest BCUT2D eigenvalue weighted by atomic mass is 10.1. The van der Waals surface area contributed by atoms with Crippen LogP contribution in [-0.4, -0.2) is 82.7 Å². The van der Waals surface area contributed by atoms with Gasteiger partial charge in [-0.1, -0.05) is 35.2 Å². The van der Waals surface area contributed by atoms with Gasteiger partial charge in [-0.05, 0) is 54.8 Å². The first-order valence-corrected chi connectivity index (χ1v) is 17.2. The van der Waals surface area contributed by atoms with E-state index in [2.05, 4.69) is 25.3 Å². The summed E-state index contributed by atoms with van der Waals surface area (Å²) in [5, 5.41) is 8.48. The summed E-state index contributed by atoms with van der Waals surface area (Å²) in [5.74, 6) is 1.73. The molecule has 2 saturated heterocycles. The van der Waals surface area contributed by atoms with Gasteiger partial charge in [0.05, 0.1) is 5.37 Å². The Morgan fingerprint density at radius 1 is 0.761 bits per heavy atom. The number of rotatable bonds is 7. The molecule has 3 aliphatic rings. The van der Waals surface area contributed by atoms with Crippen LogP contribution in [0.1, 0.15) is 12.0 Å². The first kappa shape index (κ1) is 29.4. The third-order valence-electron chi connectivity index (χ3n) is 8.51. The number of halogens is 2. The number of hydrogen-bond donors (Lipinski definition) is 2. The lowest BCUT2D eigenvalue weighted by Gasteiger charge is -2.33. The average Bonchev–Trinajstić information content (AvgIpc) is 3.70. The Balaban J connectivity index is 1.26. The SMILES string of the molecule is Fc1ccc(CCC2Sc3ncnc(N4CCNCC4)c3N2c2nc(N3CCNCC3)c3nc(-c4ccc(F)cc4)sc3n2)cc1. The van der Waals surface area contributed by atoms with Gasteiger partial charge in [-0.25, -0.2) is 23.7 Å². The van der Waals surface area contributed by atoms with Crippen molar-refractivity contribution in [3.8, 4) is 10.6 Å². The van der Waals surface area contributed by atoms with Crippen LogP contribution >= 0.6 is 23.1 Å². The van der Waals surface area contributed by atoms with Gasteiger partial charge < -0.3 is 20.4 Å². The summed E-state index contributed by atoms with van der Waals surface area (Å²) >= 11 is 3.18. The van der Waals surface area contributed by atoms with Crippen molar-refractivity contribution in [1.82, 2.24) is 35.6 Å². The minimum atomic E-state index is -0.284. The zero-order valence-corrected chi connectivity index (χ0v) is 26.6. The standard InChI is InChI=1S/C32H32F2N10S2/c33-22-6-1-20(2-7-22)3-10-24-44(26-28(37-19-38-31(26)45-24)43-17-13-36-14-18-43)32-40-27(42-15-11-35-12-16-42)25-30(41-32)46-29(39-25)21-4-8-23(34)9-5-21/h1-2,4-9,19,24,35-36H,3,10-18H2. The Bertz CT molecular complexity index is 1840. The minimum absolute atomic E-state index is 0.0590. The second-order valence-corrected chi connectivity index (χ2v) is 13.6. The fourth-order valence-electron chi connectivity index (χ4n) is 6.16. The van der Waals surface area contributed by atoms with Crippen molar-refractivity contribution in [2.24, 2.45) is 0 Å². The number of benzene rings is 2. The maximum Gasteiger partial charge on any atom is 0.234 e. The van der Waals surface area contributed by atoms with Crippen LogP contribution in [0.15, 0.2) is 59.9 Å². The highest BCUT2D eigenvalue weighted by Crippen LogP contribution is 2.51. The van der Waals surface area contributed by atoms with Crippen LogP contribution < -0.4 is 25.3 Å². The van der Waals surface area contributed by atoms with Crippen LogP contribution in [0.5, 0.6) is 0 Å². The largest absolute Gasteiger partial charge is 0.352 e. The van der Waals surface area contributed by atoms with Gasteiger partial charge in [-0.3, -0.25) is 4.90 Å². The number of aryl methyl sites for hydroxylation is 1. The predicted molar refractivity (Wildman–Crippen MR) is 179 cm³/mol. The molecule has 1 unspecified atom stereocenters. The topological polar surface area (TPSA) is 98.2 Å². The Morgan fingerprint density at radius 2 is 1.41 bits per heavy atom. The lowest BCUT2D eigenvalue weighted by Crippen LogP contribution is -2.44. The smallest absolute Gasteiger partial charge is 0.234 e. The molecule has 2 N–H and O–H groups in total. The zero-order valence-electron chi connectivity index (χ0n) is 25.0. The first-order chi connectivity index (χ1) is 22.6. The quantitative estimate of drug-likeness (QED) is 0.235. The van der Waals surface area contributed by atoms with E-state index in [0.717, 1.165) is 114 Å². The van der Waals surface area contributed by atoms with Gasteiger partial charge in [0.2, 0.25) is 5.95 Å². The molecule has 1 atom stereocenters. The van der Waals surface area contributed by atoms with E-state index >= 15 is 0 Å². The highest BCUT2D eigenvalue weighted by Gasteiger charge is 2.39. The van der Waals surface area contributed by atoms with Gasteiger partial charge in [-0.2, -0.15) is 9.97 Å². The van der Waals surface area contributed by atoms with Crippen molar-refractivity contribution in [2.45, 2.75) is 23.2 Å². The molecule has 0 amide bonds. The van der Waals surface area contributed by atoms with E-state index in [1.165, 1.54) is 35.6 Å². The Kier molecular flexibility index (Phi) is 8.10. The van der Waals surface area contributed by atoms with Crippen molar-refractivity contribution in [3.63, 3.8) is 0 Å². The highest BCUT2D eigenvalue weighted by molar-refractivity contribution is 8.00. The summed E-state index contributed by atoms with van der Waals surface area (Å²) in [6.07, 6.45) is 3.17. The third-order valence-corrected chi connectivity index (χ3v) is 10.7. The number of piperazine rings is 2. The van der Waals surface area contributed by atoms with Crippen LogP contribution in [0.4, 0.5) is 32.1 Å². The van der Waals surface area contributed by atoms with Gasteiger partial charge in [0, 0.05) is 57.9 Å². The van der Waals surface area contributed by atoms with Crippen molar-refractivity contribution < 1.29 is 8.78 Å². The molecule has 5 aromatic rings. The molecule has 6 heterocycles. The number of thioether (sulfide) groups is 1. The van der Waals surface area contributed by atoms with E-state index in [9.17, 15) is 8.78 Å². The molecule has 46 heavy (non-hydrogen) atoms. The Morgan fingerprint density at radius 3 is 2.11 bits per heavy atom. The zero-order chi connectivity index (χ0) is 31.0. The van der Waals surface area contributed by atoms with Gasteiger partial charge in [0.1, 0.15) is 39.2 Å². The molecule has 14 heteroatoms. The first-order valence-electron chi connectivity index (χ1n) is 15.5. The maximum atomic E-state index is 13.8. The number of nitrogens with zero attached hydrogens (tertiary/aromatic N) is 8. The highest BCUT2D eigenvalue weighted by atomic mass is 32.2. The number of fused-ring (bicyclic) bond motifs is 2. The monoisotopic (exact) mass is 658 g/mol. The summed E-state index contributed by atoms with van der Waals surface area (Å²) < 4.78 is 27.4. The van der Waals surface area contributed by atoms with Crippen molar-refractivity contribution in [1.29, 1.82) is 0 Å². The van der Waals surface area contributed by atoms with E-state index in [-0.39, 0.29) is 17.0 Å². The fraction of sp³-hybridized carbons (Fsp3) is 0.344. The molecule has 2 aromatic carbocycles. The summed E-state index contributed by atoms with van der Waals surface area (Å²) in [4.78, 5) is 32.6. The number of aromatic nitrogens is 5. The van der Waals surface area contributed by atoms with Crippen LogP contribution in [-0.2, 0) is 6.42 Å². The second-order valence-electron chi connectivity index (χ2n) is 11.5. The Hall–Kier alpha value is -3.98. The van der Waals surface area contributed by atoms with Gasteiger partial charge in [0.25, 0.3) is 0 Å². The van der Waals surface area contributed by atoms with Crippen molar-refractivity contribution in [2.75, 3.05) is 67.1 Å². The molecule has 10 nitrogen and oxygen atoms in total. The number of nitrogens with one attached hydrogen (secondary N) is 2. The normalized spacial score (nSPS) is 18.4. The number of hydrogen-bond acceptors (Lipinski definition) is 12.